The molecule has 1 aromatic heterocycles. The van der Waals surface area contributed by atoms with Crippen LogP contribution in [0.3, 0.4) is 0 Å². The maximum absolute atomic E-state index is 8.79. The molecule has 0 aliphatic rings. The second-order valence-corrected chi connectivity index (χ2v) is 3.99. The van der Waals surface area contributed by atoms with E-state index in [0.717, 1.165) is 25.1 Å². The summed E-state index contributed by atoms with van der Waals surface area (Å²) in [5.41, 5.74) is 0.559. The molecular weight excluding hydrogens is 198 g/mol. The van der Waals surface area contributed by atoms with Gasteiger partial charge in [0.05, 0.1) is 0 Å². The summed E-state index contributed by atoms with van der Waals surface area (Å²) in [4.78, 5) is 4.25. The maximum atomic E-state index is 8.79. The van der Waals surface area contributed by atoms with Crippen molar-refractivity contribution in [1.29, 1.82) is 5.26 Å². The van der Waals surface area contributed by atoms with Crippen LogP contribution in [0.15, 0.2) is 18.2 Å². The molecular formula is C13H19N3. The second kappa shape index (κ2) is 5.50. The molecule has 0 atom stereocenters. The highest BCUT2D eigenvalue weighted by Gasteiger charge is 2.23. The average Bonchev–Trinajstić information content (AvgIpc) is 2.36. The van der Waals surface area contributed by atoms with Gasteiger partial charge in [-0.3, -0.25) is 0 Å². The van der Waals surface area contributed by atoms with Crippen LogP contribution in [-0.4, -0.2) is 10.5 Å². The van der Waals surface area contributed by atoms with Crippen molar-refractivity contribution in [1.82, 2.24) is 4.98 Å². The fraction of sp³-hybridized carbons (Fsp3) is 0.538. The standard InChI is InChI=1S/C13H19N3/c1-4-13(5-2,6-3)16-12-9-7-8-11(10-14)15-12/h7-9H,4-6H2,1-3H3,(H,15,16). The monoisotopic (exact) mass is 217 g/mol. The number of aromatic nitrogens is 1. The zero-order valence-electron chi connectivity index (χ0n) is 10.2. The molecule has 3 nitrogen and oxygen atoms in total. The first-order valence-corrected chi connectivity index (χ1v) is 5.85. The first kappa shape index (κ1) is 12.5. The molecule has 0 saturated heterocycles. The van der Waals surface area contributed by atoms with E-state index in [9.17, 15) is 0 Å². The highest BCUT2D eigenvalue weighted by Crippen LogP contribution is 2.24. The molecule has 0 amide bonds. The van der Waals surface area contributed by atoms with E-state index >= 15 is 0 Å². The number of anilines is 1. The van der Waals surface area contributed by atoms with Gasteiger partial charge in [-0.15, -0.1) is 0 Å². The van der Waals surface area contributed by atoms with E-state index < -0.39 is 0 Å². The number of nitrogens with zero attached hydrogens (tertiary/aromatic N) is 2. The third-order valence-electron chi connectivity index (χ3n) is 3.29. The lowest BCUT2D eigenvalue weighted by molar-refractivity contribution is 0.419. The Morgan fingerprint density at radius 2 is 1.88 bits per heavy atom. The van der Waals surface area contributed by atoms with Crippen molar-refractivity contribution in [3.63, 3.8) is 0 Å². The summed E-state index contributed by atoms with van der Waals surface area (Å²) in [6.45, 7) is 6.52. The summed E-state index contributed by atoms with van der Waals surface area (Å²) in [6.07, 6.45) is 3.16. The Morgan fingerprint density at radius 3 is 2.38 bits per heavy atom. The summed E-state index contributed by atoms with van der Waals surface area (Å²) >= 11 is 0. The average molecular weight is 217 g/mol. The summed E-state index contributed by atoms with van der Waals surface area (Å²) < 4.78 is 0. The normalized spacial score (nSPS) is 10.9. The van der Waals surface area contributed by atoms with Crippen molar-refractivity contribution in [2.75, 3.05) is 5.32 Å². The van der Waals surface area contributed by atoms with Gasteiger partial charge in [-0.2, -0.15) is 5.26 Å². The van der Waals surface area contributed by atoms with Crippen molar-refractivity contribution in [3.8, 4) is 6.07 Å². The summed E-state index contributed by atoms with van der Waals surface area (Å²) in [7, 11) is 0. The van der Waals surface area contributed by atoms with E-state index in [0.29, 0.717) is 5.69 Å². The molecule has 0 unspecified atom stereocenters. The Morgan fingerprint density at radius 1 is 1.25 bits per heavy atom. The zero-order chi connectivity index (χ0) is 12.0. The molecule has 0 spiro atoms. The molecule has 0 aromatic carbocycles. The van der Waals surface area contributed by atoms with E-state index in [2.05, 4.69) is 37.1 Å². The summed E-state index contributed by atoms with van der Waals surface area (Å²) in [5.74, 6) is 0.796. The zero-order valence-corrected chi connectivity index (χ0v) is 10.2. The van der Waals surface area contributed by atoms with Crippen molar-refractivity contribution in [2.45, 2.75) is 45.6 Å². The molecule has 86 valence electrons. The van der Waals surface area contributed by atoms with Gasteiger partial charge in [0.2, 0.25) is 0 Å². The van der Waals surface area contributed by atoms with Crippen LogP contribution < -0.4 is 5.32 Å². The maximum Gasteiger partial charge on any atom is 0.142 e. The Balaban J connectivity index is 2.90. The number of rotatable bonds is 5. The Kier molecular flexibility index (Phi) is 4.30. The van der Waals surface area contributed by atoms with Gasteiger partial charge in [0.25, 0.3) is 0 Å². The highest BCUT2D eigenvalue weighted by molar-refractivity contribution is 5.40. The predicted molar refractivity (Wildman–Crippen MR) is 66.2 cm³/mol. The molecule has 0 fully saturated rings. The van der Waals surface area contributed by atoms with Gasteiger partial charge in [-0.25, -0.2) is 4.98 Å². The quantitative estimate of drug-likeness (QED) is 0.823. The van der Waals surface area contributed by atoms with Crippen LogP contribution in [0.1, 0.15) is 45.7 Å². The SMILES string of the molecule is CCC(CC)(CC)Nc1cccc(C#N)n1. The summed E-state index contributed by atoms with van der Waals surface area (Å²) in [5, 5.41) is 12.2. The van der Waals surface area contributed by atoms with E-state index in [1.807, 2.05) is 12.1 Å². The van der Waals surface area contributed by atoms with Gasteiger partial charge in [0.1, 0.15) is 17.6 Å². The topological polar surface area (TPSA) is 48.7 Å². The lowest BCUT2D eigenvalue weighted by Gasteiger charge is -2.32. The molecule has 16 heavy (non-hydrogen) atoms. The van der Waals surface area contributed by atoms with E-state index in [1.54, 1.807) is 6.07 Å². The van der Waals surface area contributed by atoms with Gasteiger partial charge in [0.15, 0.2) is 0 Å². The minimum atomic E-state index is 0.0983. The van der Waals surface area contributed by atoms with E-state index in [4.69, 9.17) is 5.26 Å². The van der Waals surface area contributed by atoms with Crippen molar-refractivity contribution < 1.29 is 0 Å². The third kappa shape index (κ3) is 2.73. The molecule has 0 aliphatic heterocycles. The van der Waals surface area contributed by atoms with E-state index in [1.165, 1.54) is 0 Å². The van der Waals surface area contributed by atoms with Crippen molar-refractivity contribution in [3.05, 3.63) is 23.9 Å². The molecule has 0 aliphatic carbocycles. The number of pyridine rings is 1. The Bertz CT molecular complexity index is 367. The van der Waals surface area contributed by atoms with Gasteiger partial charge in [0, 0.05) is 5.54 Å². The largest absolute Gasteiger partial charge is 0.365 e. The minimum Gasteiger partial charge on any atom is -0.365 e. The van der Waals surface area contributed by atoms with Crippen LogP contribution in [0.5, 0.6) is 0 Å². The first-order valence-electron chi connectivity index (χ1n) is 5.85. The molecule has 1 N–H and O–H groups in total. The Hall–Kier alpha value is -1.56. The van der Waals surface area contributed by atoms with Gasteiger partial charge in [-0.05, 0) is 31.4 Å². The van der Waals surface area contributed by atoms with Crippen LogP contribution in [0.2, 0.25) is 0 Å². The van der Waals surface area contributed by atoms with Crippen LogP contribution >= 0.6 is 0 Å². The number of nitrogens with one attached hydrogen (secondary N) is 1. The second-order valence-electron chi connectivity index (χ2n) is 3.99. The van der Waals surface area contributed by atoms with Gasteiger partial charge in [-0.1, -0.05) is 26.8 Å². The highest BCUT2D eigenvalue weighted by atomic mass is 15.1. The lowest BCUT2D eigenvalue weighted by atomic mass is 9.90. The fourth-order valence-corrected chi connectivity index (χ4v) is 1.85. The number of hydrogen-bond donors (Lipinski definition) is 1. The molecule has 1 rings (SSSR count). The first-order chi connectivity index (χ1) is 7.69. The van der Waals surface area contributed by atoms with Crippen LogP contribution in [0.25, 0.3) is 0 Å². The van der Waals surface area contributed by atoms with Crippen LogP contribution in [-0.2, 0) is 0 Å². The summed E-state index contributed by atoms with van der Waals surface area (Å²) in [6, 6.07) is 7.55. The smallest absolute Gasteiger partial charge is 0.142 e. The Labute approximate surface area is 97.5 Å². The molecule has 1 aromatic rings. The van der Waals surface area contributed by atoms with Crippen LogP contribution in [0.4, 0.5) is 5.82 Å². The predicted octanol–water partition coefficient (Wildman–Crippen LogP) is 3.33. The molecule has 3 heteroatoms. The van der Waals surface area contributed by atoms with Gasteiger partial charge >= 0.3 is 0 Å². The van der Waals surface area contributed by atoms with Crippen molar-refractivity contribution >= 4 is 5.82 Å². The number of nitriles is 1. The molecule has 1 heterocycles. The number of hydrogen-bond acceptors (Lipinski definition) is 3. The lowest BCUT2D eigenvalue weighted by Crippen LogP contribution is -2.36. The molecule has 0 bridgehead atoms. The molecule has 0 saturated carbocycles. The van der Waals surface area contributed by atoms with Crippen LogP contribution in [0, 0.1) is 11.3 Å². The van der Waals surface area contributed by atoms with Gasteiger partial charge < -0.3 is 5.32 Å². The van der Waals surface area contributed by atoms with E-state index in [-0.39, 0.29) is 5.54 Å². The molecule has 0 radical (unpaired) electrons. The third-order valence-corrected chi connectivity index (χ3v) is 3.29. The fourth-order valence-electron chi connectivity index (χ4n) is 1.85. The minimum absolute atomic E-state index is 0.0983. The van der Waals surface area contributed by atoms with Crippen molar-refractivity contribution in [2.24, 2.45) is 0 Å².